The SMILES string of the molecule is C=C(C)c1cc(C(C)C)c(-n2c(=O)c3cc4cc5cc6ccc7cc8cc9cc%10c(=O)n(-c%11c(C(C)C)cc(C(=C)C)cc%11C(C)C)c(=O)c%10cc9cc8cc7ccc6cc5cc4cc3c2=O)c(C(C)C)c1. The van der Waals surface area contributed by atoms with Gasteiger partial charge in [-0.3, -0.25) is 19.2 Å². The summed E-state index contributed by atoms with van der Waals surface area (Å²) in [5, 5.41) is 13.6. The molecule has 0 amide bonds. The molecular formula is C66H58N2O4. The number of nitrogens with zero attached hydrogens (tertiary/aromatic N) is 2. The van der Waals surface area contributed by atoms with Crippen LogP contribution in [0.5, 0.6) is 0 Å². The monoisotopic (exact) mass is 942 g/mol. The lowest BCUT2D eigenvalue weighted by Gasteiger charge is -2.21. The van der Waals surface area contributed by atoms with Gasteiger partial charge in [0.05, 0.1) is 32.9 Å². The molecule has 0 N–H and O–H groups in total. The Bertz CT molecular complexity index is 3940. The first-order chi connectivity index (χ1) is 34.3. The Morgan fingerprint density at radius 2 is 0.514 bits per heavy atom. The summed E-state index contributed by atoms with van der Waals surface area (Å²) < 4.78 is 2.83. The van der Waals surface area contributed by atoms with Crippen LogP contribution in [0.25, 0.3) is 109 Å². The topological polar surface area (TPSA) is 78.1 Å². The molecule has 0 bridgehead atoms. The molecule has 2 aromatic heterocycles. The van der Waals surface area contributed by atoms with Crippen LogP contribution in [0.2, 0.25) is 0 Å². The molecule has 11 aromatic rings. The molecule has 6 nitrogen and oxygen atoms in total. The molecule has 356 valence electrons. The van der Waals surface area contributed by atoms with Gasteiger partial charge in [-0.25, -0.2) is 9.13 Å². The fourth-order valence-corrected chi connectivity index (χ4v) is 11.1. The second-order valence-corrected chi connectivity index (χ2v) is 21.6. The molecule has 11 rings (SSSR count). The highest BCUT2D eigenvalue weighted by Gasteiger charge is 2.26. The first kappa shape index (κ1) is 46.4. The van der Waals surface area contributed by atoms with Gasteiger partial charge in [0.2, 0.25) is 0 Å². The maximum atomic E-state index is 14.4. The van der Waals surface area contributed by atoms with Gasteiger partial charge < -0.3 is 0 Å². The number of hydrogen-bond donors (Lipinski definition) is 0. The van der Waals surface area contributed by atoms with Crippen LogP contribution in [-0.4, -0.2) is 9.13 Å². The van der Waals surface area contributed by atoms with E-state index in [-0.39, 0.29) is 45.9 Å². The zero-order valence-electron chi connectivity index (χ0n) is 42.8. The summed E-state index contributed by atoms with van der Waals surface area (Å²) in [6.45, 7) is 29.1. The quantitative estimate of drug-likeness (QED) is 0.142. The van der Waals surface area contributed by atoms with E-state index >= 15 is 0 Å². The van der Waals surface area contributed by atoms with Gasteiger partial charge in [-0.1, -0.05) is 104 Å². The molecule has 0 spiro atoms. The van der Waals surface area contributed by atoms with Gasteiger partial charge in [-0.15, -0.1) is 0 Å². The second kappa shape index (κ2) is 16.8. The van der Waals surface area contributed by atoms with Crippen LogP contribution in [0.15, 0.2) is 154 Å². The van der Waals surface area contributed by atoms with E-state index < -0.39 is 0 Å². The Hall–Kier alpha value is -7.96. The third kappa shape index (κ3) is 7.29. The highest BCUT2D eigenvalue weighted by molar-refractivity contribution is 6.10. The lowest BCUT2D eigenvalue weighted by molar-refractivity contribution is 0.794. The summed E-state index contributed by atoms with van der Waals surface area (Å²) >= 11 is 0. The van der Waals surface area contributed by atoms with Gasteiger partial charge in [0.15, 0.2) is 0 Å². The van der Waals surface area contributed by atoms with Crippen molar-refractivity contribution in [2.24, 2.45) is 0 Å². The Morgan fingerprint density at radius 3 is 0.708 bits per heavy atom. The van der Waals surface area contributed by atoms with Crippen molar-refractivity contribution in [2.45, 2.75) is 92.9 Å². The highest BCUT2D eigenvalue weighted by atomic mass is 16.2. The van der Waals surface area contributed by atoms with Crippen LogP contribution in [0.4, 0.5) is 0 Å². The van der Waals surface area contributed by atoms with Crippen molar-refractivity contribution in [3.63, 3.8) is 0 Å². The Labute approximate surface area is 418 Å². The van der Waals surface area contributed by atoms with Crippen molar-refractivity contribution in [3.05, 3.63) is 209 Å². The lowest BCUT2D eigenvalue weighted by atomic mass is 9.88. The average molecular weight is 943 g/mol. The highest BCUT2D eigenvalue weighted by Crippen LogP contribution is 2.37. The summed E-state index contributed by atoms with van der Waals surface area (Å²) in [6.07, 6.45) is 0. The largest absolute Gasteiger partial charge is 0.268 e. The zero-order valence-corrected chi connectivity index (χ0v) is 42.8. The molecular weight excluding hydrogens is 885 g/mol. The summed E-state index contributed by atoms with van der Waals surface area (Å²) in [5.41, 5.74) is 7.94. The average Bonchev–Trinajstić information content (AvgIpc) is 3.71. The number of rotatable bonds is 8. The first-order valence-electron chi connectivity index (χ1n) is 25.2. The lowest BCUT2D eigenvalue weighted by Crippen LogP contribution is -2.26. The van der Waals surface area contributed by atoms with Crippen LogP contribution in [0, 0.1) is 0 Å². The van der Waals surface area contributed by atoms with Gasteiger partial charge >= 0.3 is 0 Å². The van der Waals surface area contributed by atoms with Gasteiger partial charge in [0.1, 0.15) is 0 Å². The molecule has 0 saturated carbocycles. The Balaban J connectivity index is 1.03. The van der Waals surface area contributed by atoms with E-state index in [1.54, 1.807) is 0 Å². The van der Waals surface area contributed by atoms with Gasteiger partial charge in [-0.2, -0.15) is 0 Å². The van der Waals surface area contributed by atoms with Crippen molar-refractivity contribution in [1.29, 1.82) is 0 Å². The van der Waals surface area contributed by atoms with Crippen LogP contribution in [0.1, 0.15) is 126 Å². The fourth-order valence-electron chi connectivity index (χ4n) is 11.1. The molecule has 0 unspecified atom stereocenters. The Kier molecular flexibility index (Phi) is 10.9. The van der Waals surface area contributed by atoms with Gasteiger partial charge in [0, 0.05) is 0 Å². The van der Waals surface area contributed by atoms with Crippen LogP contribution >= 0.6 is 0 Å². The second-order valence-electron chi connectivity index (χ2n) is 21.6. The van der Waals surface area contributed by atoms with E-state index in [9.17, 15) is 19.2 Å². The molecule has 0 aliphatic rings. The minimum atomic E-state index is -0.297. The van der Waals surface area contributed by atoms with Crippen LogP contribution < -0.4 is 22.2 Å². The van der Waals surface area contributed by atoms with Crippen molar-refractivity contribution >= 4 is 97.3 Å². The zero-order chi connectivity index (χ0) is 50.9. The molecule has 2 heterocycles. The fraction of sp³-hybridized carbons (Fsp3) is 0.212. The summed E-state index contributed by atoms with van der Waals surface area (Å²) in [4.78, 5) is 57.8. The molecule has 0 aliphatic carbocycles. The van der Waals surface area contributed by atoms with E-state index in [1.807, 2.05) is 38.1 Å². The third-order valence-corrected chi connectivity index (χ3v) is 15.1. The summed E-state index contributed by atoms with van der Waals surface area (Å²) in [6, 6.07) is 41.7. The van der Waals surface area contributed by atoms with Crippen molar-refractivity contribution < 1.29 is 0 Å². The number of fused-ring (bicyclic) bond motifs is 8. The van der Waals surface area contributed by atoms with E-state index in [4.69, 9.17) is 0 Å². The van der Waals surface area contributed by atoms with Gasteiger partial charge in [-0.05, 0) is 233 Å². The smallest absolute Gasteiger partial charge is 0.266 e. The maximum Gasteiger partial charge on any atom is 0.266 e. The summed E-state index contributed by atoms with van der Waals surface area (Å²) in [7, 11) is 0. The normalized spacial score (nSPS) is 12.3. The minimum absolute atomic E-state index is 0.0730. The molecule has 0 saturated heterocycles. The summed E-state index contributed by atoms with van der Waals surface area (Å²) in [5.74, 6) is 0.292. The number of benzene rings is 8. The van der Waals surface area contributed by atoms with E-state index in [0.717, 1.165) is 109 Å². The molecule has 9 aromatic carbocycles. The van der Waals surface area contributed by atoms with Crippen LogP contribution in [-0.2, 0) is 0 Å². The molecule has 6 heteroatoms. The Morgan fingerprint density at radius 1 is 0.319 bits per heavy atom. The standard InChI is InChI=1S/C66H58N2O4/c1-33(2)43-25-53(35(5)6)61(54(26-43)36(7)8)67-63(69)57-29-49-21-45-17-39-13-15-41-19-47-23-51-31-59-60(66(72)68(65(59)71)62-55(37(9)10)27-44(34(3)4)28-56(62)38(11)12)32-52(51)24-48(47)20-42(41)16-14-40(39)18-46(45)22-50(49)30-58(57)64(67)70/h13-32,35-38H,1,3H2,2,4-12H3. The van der Waals surface area contributed by atoms with E-state index in [1.165, 1.54) is 9.13 Å². The van der Waals surface area contributed by atoms with E-state index in [2.05, 4.69) is 166 Å². The predicted octanol–water partition coefficient (Wildman–Crippen LogP) is 15.9. The van der Waals surface area contributed by atoms with E-state index in [0.29, 0.717) is 32.9 Å². The molecule has 0 atom stereocenters. The maximum absolute atomic E-state index is 14.4. The molecule has 0 radical (unpaired) electrons. The van der Waals surface area contributed by atoms with Crippen molar-refractivity contribution in [1.82, 2.24) is 9.13 Å². The molecule has 0 fully saturated rings. The van der Waals surface area contributed by atoms with Crippen LogP contribution in [0.3, 0.4) is 0 Å². The molecule has 72 heavy (non-hydrogen) atoms. The van der Waals surface area contributed by atoms with Gasteiger partial charge in [0.25, 0.3) is 22.2 Å². The number of aromatic nitrogens is 2. The minimum Gasteiger partial charge on any atom is -0.268 e. The first-order valence-corrected chi connectivity index (χ1v) is 25.2. The molecule has 0 aliphatic heterocycles. The third-order valence-electron chi connectivity index (χ3n) is 15.1. The number of allylic oxidation sites excluding steroid dienone is 2. The number of hydrogen-bond acceptors (Lipinski definition) is 4. The predicted molar refractivity (Wildman–Crippen MR) is 307 cm³/mol. The van der Waals surface area contributed by atoms with Crippen molar-refractivity contribution in [3.8, 4) is 11.4 Å². The van der Waals surface area contributed by atoms with Crippen molar-refractivity contribution in [2.75, 3.05) is 0 Å².